The summed E-state index contributed by atoms with van der Waals surface area (Å²) >= 11 is 0. The van der Waals surface area contributed by atoms with Gasteiger partial charge < -0.3 is 10.6 Å². The maximum Gasteiger partial charge on any atom is 0.228 e. The van der Waals surface area contributed by atoms with Crippen LogP contribution in [-0.4, -0.2) is 41.2 Å². The maximum atomic E-state index is 12.8. The highest BCUT2D eigenvalue weighted by Gasteiger charge is 2.26. The van der Waals surface area contributed by atoms with Gasteiger partial charge in [-0.25, -0.2) is 0 Å². The summed E-state index contributed by atoms with van der Waals surface area (Å²) < 4.78 is 0. The summed E-state index contributed by atoms with van der Waals surface area (Å²) in [7, 11) is 0. The second-order valence-electron chi connectivity index (χ2n) is 10.8. The average Bonchev–Trinajstić information content (AvgIpc) is 2.62. The van der Waals surface area contributed by atoms with Crippen molar-refractivity contribution >= 4 is 29.2 Å². The van der Waals surface area contributed by atoms with Crippen LogP contribution in [0.3, 0.4) is 0 Å². The van der Waals surface area contributed by atoms with Crippen LogP contribution < -0.4 is 10.6 Å². The predicted octanol–water partition coefficient (Wildman–Crippen LogP) is 4.02. The molecule has 0 aliphatic rings. The van der Waals surface area contributed by atoms with Crippen molar-refractivity contribution in [2.75, 3.05) is 0 Å². The van der Waals surface area contributed by atoms with E-state index in [0.29, 0.717) is 25.7 Å². The molecule has 0 radical (unpaired) electrons. The fourth-order valence-corrected chi connectivity index (χ4v) is 3.66. The number of Topliss-reactive ketones (excluding diaryl/α,β-unsaturated/α-hetero) is 3. The smallest absolute Gasteiger partial charge is 0.228 e. The van der Waals surface area contributed by atoms with Crippen molar-refractivity contribution in [3.63, 3.8) is 0 Å². The van der Waals surface area contributed by atoms with Crippen molar-refractivity contribution < 1.29 is 24.0 Å². The van der Waals surface area contributed by atoms with E-state index in [2.05, 4.69) is 10.6 Å². The molecule has 0 aromatic rings. The summed E-state index contributed by atoms with van der Waals surface area (Å²) in [6.45, 7) is 15.6. The summed E-state index contributed by atoms with van der Waals surface area (Å²) in [6, 6.07) is -1.28. The first kappa shape index (κ1) is 30.9. The van der Waals surface area contributed by atoms with Crippen LogP contribution >= 0.6 is 0 Å². The van der Waals surface area contributed by atoms with Gasteiger partial charge in [0.25, 0.3) is 0 Å². The van der Waals surface area contributed by atoms with Gasteiger partial charge in [0.2, 0.25) is 11.8 Å². The minimum atomic E-state index is -0.730. The molecule has 0 spiro atoms. The van der Waals surface area contributed by atoms with E-state index in [9.17, 15) is 24.0 Å². The molecule has 0 aliphatic carbocycles. The Balaban J connectivity index is 4.94. The first-order chi connectivity index (χ1) is 15.2. The average molecular weight is 467 g/mol. The number of carbonyl (C=O) groups excluding carboxylic acids is 5. The number of amides is 2. The monoisotopic (exact) mass is 466 g/mol. The number of ketones is 3. The first-order valence-electron chi connectivity index (χ1n) is 12.4. The molecular weight excluding hydrogens is 420 g/mol. The highest BCUT2D eigenvalue weighted by Crippen LogP contribution is 2.13. The van der Waals surface area contributed by atoms with Crippen molar-refractivity contribution in [3.8, 4) is 0 Å². The Bertz CT molecular complexity index is 668. The highest BCUT2D eigenvalue weighted by molar-refractivity contribution is 6.00. The molecule has 7 nitrogen and oxygen atoms in total. The molecule has 0 rings (SSSR count). The molecule has 0 bridgehead atoms. The molecule has 0 saturated carbocycles. The van der Waals surface area contributed by atoms with Gasteiger partial charge in [-0.1, -0.05) is 55.4 Å². The zero-order chi connectivity index (χ0) is 25.7. The first-order valence-corrected chi connectivity index (χ1v) is 12.4. The number of hydrogen-bond donors (Lipinski definition) is 2. The van der Waals surface area contributed by atoms with Crippen LogP contribution in [0.1, 0.15) is 100 Å². The van der Waals surface area contributed by atoms with E-state index in [1.807, 2.05) is 55.4 Å². The lowest BCUT2D eigenvalue weighted by atomic mass is 9.94. The van der Waals surface area contributed by atoms with Crippen molar-refractivity contribution in [1.82, 2.24) is 10.6 Å². The number of rotatable bonds is 17. The number of nitrogens with one attached hydrogen (secondary N) is 2. The Hall–Kier alpha value is -2.05. The third-order valence-electron chi connectivity index (χ3n) is 5.06. The van der Waals surface area contributed by atoms with Crippen LogP contribution in [0.4, 0.5) is 0 Å². The Morgan fingerprint density at radius 2 is 1.00 bits per heavy atom. The van der Waals surface area contributed by atoms with Gasteiger partial charge in [-0.05, 0) is 36.5 Å². The molecule has 2 N–H and O–H groups in total. The summed E-state index contributed by atoms with van der Waals surface area (Å²) in [6.07, 6.45) is 1.40. The molecule has 0 fully saturated rings. The van der Waals surface area contributed by atoms with Crippen molar-refractivity contribution in [2.24, 2.45) is 23.7 Å². The Labute approximate surface area is 200 Å². The van der Waals surface area contributed by atoms with Crippen LogP contribution in [0.2, 0.25) is 0 Å². The summed E-state index contributed by atoms with van der Waals surface area (Å²) in [5.41, 5.74) is 0. The van der Waals surface area contributed by atoms with E-state index in [1.165, 1.54) is 0 Å². The van der Waals surface area contributed by atoms with Crippen molar-refractivity contribution in [1.29, 1.82) is 0 Å². The number of carbonyl (C=O) groups is 5. The van der Waals surface area contributed by atoms with Crippen LogP contribution in [-0.2, 0) is 24.0 Å². The van der Waals surface area contributed by atoms with Gasteiger partial charge in [-0.2, -0.15) is 0 Å². The zero-order valence-corrected chi connectivity index (χ0v) is 22.0. The molecule has 190 valence electrons. The van der Waals surface area contributed by atoms with Crippen molar-refractivity contribution in [3.05, 3.63) is 0 Å². The summed E-state index contributed by atoms with van der Waals surface area (Å²) in [5, 5.41) is 5.49. The van der Waals surface area contributed by atoms with E-state index in [1.54, 1.807) is 0 Å². The lowest BCUT2D eigenvalue weighted by Crippen LogP contribution is -2.44. The minimum Gasteiger partial charge on any atom is -0.346 e. The molecule has 0 saturated heterocycles. The van der Waals surface area contributed by atoms with Crippen LogP contribution in [0.15, 0.2) is 0 Å². The standard InChI is InChI=1S/C26H46N2O5/c1-16(2)11-20(29)15-26(33)28-21(12-17(3)4)23(30)9-10-25(32)27-22(13-18(5)6)24(31)14-19(7)8/h16-19,21-22H,9-15H2,1-8H3,(H,27,32)(H,28,33). The fourth-order valence-electron chi connectivity index (χ4n) is 3.66. The van der Waals surface area contributed by atoms with Gasteiger partial charge in [0, 0.05) is 25.7 Å². The van der Waals surface area contributed by atoms with Gasteiger partial charge in [0.1, 0.15) is 5.78 Å². The molecule has 2 amide bonds. The Kier molecular flexibility index (Phi) is 14.8. The van der Waals surface area contributed by atoms with Crippen LogP contribution in [0, 0.1) is 23.7 Å². The maximum absolute atomic E-state index is 12.8. The van der Waals surface area contributed by atoms with Gasteiger partial charge in [-0.3, -0.25) is 24.0 Å². The van der Waals surface area contributed by atoms with E-state index < -0.39 is 18.0 Å². The third-order valence-corrected chi connectivity index (χ3v) is 5.06. The Morgan fingerprint density at radius 3 is 1.45 bits per heavy atom. The second-order valence-corrected chi connectivity index (χ2v) is 10.8. The number of hydrogen-bond acceptors (Lipinski definition) is 5. The van der Waals surface area contributed by atoms with Crippen LogP contribution in [0.5, 0.6) is 0 Å². The lowest BCUT2D eigenvalue weighted by Gasteiger charge is -2.21. The van der Waals surface area contributed by atoms with Gasteiger partial charge in [0.05, 0.1) is 18.5 Å². The lowest BCUT2D eigenvalue weighted by molar-refractivity contribution is -0.132. The summed E-state index contributed by atoms with van der Waals surface area (Å²) in [5.74, 6) is -0.400. The fraction of sp³-hybridized carbons (Fsp3) is 0.808. The van der Waals surface area contributed by atoms with Gasteiger partial charge in [0.15, 0.2) is 11.6 Å². The normalized spacial score (nSPS) is 13.3. The zero-order valence-electron chi connectivity index (χ0n) is 22.0. The van der Waals surface area contributed by atoms with Crippen LogP contribution in [0.25, 0.3) is 0 Å². The SMILES string of the molecule is CC(C)CC(=O)CC(=O)NC(CC(C)C)C(=O)CCC(=O)NC(CC(C)C)C(=O)CC(C)C. The molecular formula is C26H46N2O5. The van der Waals surface area contributed by atoms with E-state index in [-0.39, 0.29) is 66.2 Å². The van der Waals surface area contributed by atoms with Gasteiger partial charge >= 0.3 is 0 Å². The molecule has 7 heteroatoms. The molecule has 0 aromatic heterocycles. The third kappa shape index (κ3) is 15.4. The summed E-state index contributed by atoms with van der Waals surface area (Å²) in [4.78, 5) is 62.0. The van der Waals surface area contributed by atoms with Gasteiger partial charge in [-0.15, -0.1) is 0 Å². The van der Waals surface area contributed by atoms with Crippen molar-refractivity contribution in [2.45, 2.75) is 112 Å². The molecule has 0 heterocycles. The molecule has 2 atom stereocenters. The van der Waals surface area contributed by atoms with E-state index in [0.717, 1.165) is 0 Å². The van der Waals surface area contributed by atoms with E-state index >= 15 is 0 Å². The highest BCUT2D eigenvalue weighted by atomic mass is 16.2. The minimum absolute atomic E-state index is 0.00869. The molecule has 0 aromatic carbocycles. The molecule has 2 unspecified atom stereocenters. The van der Waals surface area contributed by atoms with E-state index in [4.69, 9.17) is 0 Å². The Morgan fingerprint density at radius 1 is 0.545 bits per heavy atom. The second kappa shape index (κ2) is 15.7. The largest absolute Gasteiger partial charge is 0.346 e. The predicted molar refractivity (Wildman–Crippen MR) is 131 cm³/mol. The topological polar surface area (TPSA) is 109 Å². The molecule has 0 aliphatic heterocycles. The molecule has 33 heavy (non-hydrogen) atoms. The quantitative estimate of drug-likeness (QED) is 0.315.